The fraction of sp³-hybridized carbons (Fsp3) is 0.100. The molecule has 0 atom stereocenters. The van der Waals surface area contributed by atoms with Crippen LogP contribution in [0.5, 0.6) is 0 Å². The third-order valence-corrected chi connectivity index (χ3v) is 3.33. The Morgan fingerprint density at radius 1 is 1.44 bits per heavy atom. The van der Waals surface area contributed by atoms with E-state index in [1.807, 2.05) is 0 Å². The summed E-state index contributed by atoms with van der Waals surface area (Å²) in [5.41, 5.74) is 0.453. The number of halogens is 2. The first-order chi connectivity index (χ1) is 8.50. The third kappa shape index (κ3) is 2.40. The minimum atomic E-state index is -0.466. The van der Waals surface area contributed by atoms with E-state index < -0.39 is 5.91 Å². The van der Waals surface area contributed by atoms with E-state index in [2.05, 4.69) is 15.6 Å². The van der Waals surface area contributed by atoms with Crippen LogP contribution in [0, 0.1) is 4.64 Å². The van der Waals surface area contributed by atoms with Crippen LogP contribution in [0.3, 0.4) is 0 Å². The molecule has 94 valence electrons. The largest absolute Gasteiger partial charge is 0.318 e. The highest BCUT2D eigenvalue weighted by atomic mass is 35.5. The van der Waals surface area contributed by atoms with E-state index in [-0.39, 0.29) is 5.69 Å². The standard InChI is InChI=1S/C10H8Cl2N4OS/c1-16-10(18)8(14-15-16)9(17)13-7-5(11)3-2-4-6(7)12/h2-4,15H,1H3,(H,13,17). The number of hydrogen-bond donors (Lipinski definition) is 2. The second kappa shape index (κ2) is 5.09. The molecule has 18 heavy (non-hydrogen) atoms. The minimum absolute atomic E-state index is 0.114. The first-order valence-electron chi connectivity index (χ1n) is 4.87. The normalized spacial score (nSPS) is 10.4. The maximum absolute atomic E-state index is 12.0. The van der Waals surface area contributed by atoms with Crippen molar-refractivity contribution in [2.75, 3.05) is 5.32 Å². The highest BCUT2D eigenvalue weighted by Crippen LogP contribution is 2.30. The van der Waals surface area contributed by atoms with Gasteiger partial charge in [0.15, 0.2) is 10.3 Å². The van der Waals surface area contributed by atoms with Crippen LogP contribution in [0.1, 0.15) is 10.5 Å². The monoisotopic (exact) mass is 302 g/mol. The van der Waals surface area contributed by atoms with Gasteiger partial charge >= 0.3 is 0 Å². The summed E-state index contributed by atoms with van der Waals surface area (Å²) in [6.45, 7) is 0. The molecule has 1 amide bonds. The van der Waals surface area contributed by atoms with E-state index in [0.717, 1.165) is 0 Å². The molecule has 1 aromatic carbocycles. The van der Waals surface area contributed by atoms with Gasteiger partial charge < -0.3 is 5.32 Å². The van der Waals surface area contributed by atoms with Crippen molar-refractivity contribution in [1.29, 1.82) is 0 Å². The topological polar surface area (TPSA) is 62.7 Å². The third-order valence-electron chi connectivity index (χ3n) is 2.24. The number of rotatable bonds is 2. The predicted molar refractivity (Wildman–Crippen MR) is 72.8 cm³/mol. The van der Waals surface area contributed by atoms with Crippen molar-refractivity contribution in [2.45, 2.75) is 0 Å². The van der Waals surface area contributed by atoms with E-state index in [0.29, 0.717) is 20.4 Å². The summed E-state index contributed by atoms with van der Waals surface area (Å²) in [5.74, 6) is -0.466. The SMILES string of the molecule is Cn1[nH]nc(C(=O)Nc2c(Cl)cccc2Cl)c1=S. The lowest BCUT2D eigenvalue weighted by Crippen LogP contribution is -2.13. The number of anilines is 1. The van der Waals surface area contributed by atoms with Crippen molar-refractivity contribution in [1.82, 2.24) is 15.0 Å². The van der Waals surface area contributed by atoms with Crippen molar-refractivity contribution >= 4 is 47.0 Å². The molecule has 0 saturated heterocycles. The van der Waals surface area contributed by atoms with E-state index >= 15 is 0 Å². The zero-order chi connectivity index (χ0) is 13.3. The van der Waals surface area contributed by atoms with Crippen LogP contribution < -0.4 is 5.32 Å². The Labute approximate surface area is 118 Å². The molecule has 8 heteroatoms. The molecule has 0 spiro atoms. The summed E-state index contributed by atoms with van der Waals surface area (Å²) in [7, 11) is 1.66. The number of hydrogen-bond acceptors (Lipinski definition) is 3. The molecular weight excluding hydrogens is 295 g/mol. The van der Waals surface area contributed by atoms with E-state index in [4.69, 9.17) is 35.4 Å². The lowest BCUT2D eigenvalue weighted by atomic mass is 10.3. The second-order valence-corrected chi connectivity index (χ2v) is 4.68. The molecule has 1 heterocycles. The van der Waals surface area contributed by atoms with Gasteiger partial charge in [-0.15, -0.1) is 0 Å². The van der Waals surface area contributed by atoms with Crippen LogP contribution in [0.25, 0.3) is 0 Å². The molecule has 0 aliphatic carbocycles. The van der Waals surface area contributed by atoms with Crippen LogP contribution in [0.15, 0.2) is 18.2 Å². The lowest BCUT2D eigenvalue weighted by molar-refractivity contribution is 0.102. The summed E-state index contributed by atoms with van der Waals surface area (Å²) in [6, 6.07) is 4.94. The summed E-state index contributed by atoms with van der Waals surface area (Å²) in [5, 5.41) is 9.66. The molecule has 2 rings (SSSR count). The van der Waals surface area contributed by atoms with Gasteiger partial charge in [-0.1, -0.05) is 41.5 Å². The number of H-pyrrole nitrogens is 1. The number of para-hydroxylation sites is 1. The van der Waals surface area contributed by atoms with Crippen molar-refractivity contribution < 1.29 is 4.79 Å². The Balaban J connectivity index is 2.33. The number of benzene rings is 1. The maximum atomic E-state index is 12.0. The molecule has 5 nitrogen and oxygen atoms in total. The van der Waals surface area contributed by atoms with Gasteiger partial charge in [0.05, 0.1) is 15.7 Å². The number of aromatic amines is 1. The molecule has 1 aromatic heterocycles. The summed E-state index contributed by atoms with van der Waals surface area (Å²) < 4.78 is 1.76. The average molecular weight is 303 g/mol. The molecule has 0 unspecified atom stereocenters. The Bertz CT molecular complexity index is 644. The molecule has 0 radical (unpaired) electrons. The second-order valence-electron chi connectivity index (χ2n) is 3.48. The summed E-state index contributed by atoms with van der Waals surface area (Å²) >= 11 is 16.9. The molecule has 0 aliphatic heterocycles. The zero-order valence-corrected chi connectivity index (χ0v) is 11.5. The Hall–Kier alpha value is -1.37. The summed E-state index contributed by atoms with van der Waals surface area (Å²) in [4.78, 5) is 12.0. The number of aryl methyl sites for hydroxylation is 1. The van der Waals surface area contributed by atoms with Gasteiger partial charge in [-0.2, -0.15) is 5.10 Å². The van der Waals surface area contributed by atoms with Gasteiger partial charge in [-0.25, -0.2) is 5.21 Å². The number of nitrogens with zero attached hydrogens (tertiary/aromatic N) is 2. The zero-order valence-electron chi connectivity index (χ0n) is 9.20. The number of aromatic nitrogens is 3. The van der Waals surface area contributed by atoms with Crippen LogP contribution in [-0.4, -0.2) is 20.9 Å². The number of nitrogens with one attached hydrogen (secondary N) is 2. The Morgan fingerprint density at radius 3 is 2.56 bits per heavy atom. The van der Waals surface area contributed by atoms with E-state index in [9.17, 15) is 4.79 Å². The van der Waals surface area contributed by atoms with Gasteiger partial charge in [0.2, 0.25) is 0 Å². The highest BCUT2D eigenvalue weighted by Gasteiger charge is 2.15. The van der Waals surface area contributed by atoms with E-state index in [1.165, 1.54) is 4.68 Å². The fourth-order valence-electron chi connectivity index (χ4n) is 1.31. The van der Waals surface area contributed by atoms with Crippen LogP contribution in [0.4, 0.5) is 5.69 Å². The first-order valence-corrected chi connectivity index (χ1v) is 6.04. The van der Waals surface area contributed by atoms with Crippen molar-refractivity contribution in [3.63, 3.8) is 0 Å². The Kier molecular flexibility index (Phi) is 3.70. The van der Waals surface area contributed by atoms with Crippen LogP contribution in [-0.2, 0) is 7.05 Å². The van der Waals surface area contributed by atoms with Crippen molar-refractivity contribution in [3.8, 4) is 0 Å². The van der Waals surface area contributed by atoms with Crippen LogP contribution >= 0.6 is 35.4 Å². The van der Waals surface area contributed by atoms with E-state index in [1.54, 1.807) is 25.2 Å². The molecule has 0 fully saturated rings. The smallest absolute Gasteiger partial charge is 0.279 e. The van der Waals surface area contributed by atoms with Crippen LogP contribution in [0.2, 0.25) is 10.0 Å². The maximum Gasteiger partial charge on any atom is 0.279 e. The minimum Gasteiger partial charge on any atom is -0.318 e. The molecular formula is C10H8Cl2N4OS. The summed E-state index contributed by atoms with van der Waals surface area (Å²) in [6.07, 6.45) is 0. The van der Waals surface area contributed by atoms with Gasteiger partial charge in [0.1, 0.15) is 0 Å². The first kappa shape index (κ1) is 13.1. The number of carbonyl (C=O) groups is 1. The highest BCUT2D eigenvalue weighted by molar-refractivity contribution is 7.71. The molecule has 0 bridgehead atoms. The average Bonchev–Trinajstić information content (AvgIpc) is 2.65. The quantitative estimate of drug-likeness (QED) is 0.838. The van der Waals surface area contributed by atoms with Gasteiger partial charge in [-0.05, 0) is 12.1 Å². The Morgan fingerprint density at radius 2 is 2.06 bits per heavy atom. The fourth-order valence-corrected chi connectivity index (χ4v) is 1.99. The molecule has 0 aliphatic rings. The lowest BCUT2D eigenvalue weighted by Gasteiger charge is -2.07. The van der Waals surface area contributed by atoms with Crippen molar-refractivity contribution in [2.24, 2.45) is 7.05 Å². The van der Waals surface area contributed by atoms with Gasteiger partial charge in [0, 0.05) is 7.05 Å². The number of carbonyl (C=O) groups excluding carboxylic acids is 1. The van der Waals surface area contributed by atoms with Gasteiger partial charge in [0.25, 0.3) is 5.91 Å². The van der Waals surface area contributed by atoms with Gasteiger partial charge in [-0.3, -0.25) is 9.48 Å². The molecule has 2 aromatic rings. The number of amides is 1. The van der Waals surface area contributed by atoms with Crippen molar-refractivity contribution in [3.05, 3.63) is 38.6 Å². The predicted octanol–water partition coefficient (Wildman–Crippen LogP) is 3.04. The molecule has 0 saturated carbocycles. The molecule has 2 N–H and O–H groups in total.